The van der Waals surface area contributed by atoms with E-state index in [2.05, 4.69) is 20.6 Å². The molecule has 0 spiro atoms. The van der Waals surface area contributed by atoms with Gasteiger partial charge in [-0.3, -0.25) is 0 Å². The molecule has 0 fully saturated rings. The van der Waals surface area contributed by atoms with E-state index < -0.39 is 9.84 Å². The summed E-state index contributed by atoms with van der Waals surface area (Å²) in [4.78, 5) is 4.73. The van der Waals surface area contributed by atoms with Crippen LogP contribution in [0.4, 0.5) is 5.82 Å². The number of para-hydroxylation sites is 1. The molecule has 1 N–H and O–H groups in total. The molecular weight excluding hydrogens is 390 g/mol. The molecule has 0 atom stereocenters. The van der Waals surface area contributed by atoms with Crippen LogP contribution in [0.15, 0.2) is 52.4 Å². The molecule has 2 heterocycles. The molecule has 4 aromatic rings. The number of nitrogens with one attached hydrogen (secondary N) is 1. The predicted octanol–water partition coefficient (Wildman–Crippen LogP) is 2.79. The zero-order chi connectivity index (χ0) is 20.6. The van der Waals surface area contributed by atoms with E-state index in [0.29, 0.717) is 24.5 Å². The van der Waals surface area contributed by atoms with Crippen molar-refractivity contribution < 1.29 is 13.2 Å². The summed E-state index contributed by atoms with van der Waals surface area (Å²) in [6.07, 6.45) is 0. The Balaban J connectivity index is 1.93. The van der Waals surface area contributed by atoms with Crippen LogP contribution in [0.3, 0.4) is 0 Å². The minimum absolute atomic E-state index is 0.165. The number of aryl methyl sites for hydroxylation is 2. The molecule has 29 heavy (non-hydrogen) atoms. The summed E-state index contributed by atoms with van der Waals surface area (Å²) in [5.74, 6) is 0.559. The standard InChI is InChI=1S/C20H21N5O3S/c1-13-8-9-15(12-14(13)2)29(26,27)20-19-22-18(21-10-11-28-3)16-6-4-5-7-17(16)25(19)24-23-20/h4-9,12H,10-11H2,1-3H3,(H,21,22). The van der Waals surface area contributed by atoms with Crippen molar-refractivity contribution in [3.8, 4) is 0 Å². The van der Waals surface area contributed by atoms with Crippen LogP contribution in [-0.4, -0.2) is 48.5 Å². The van der Waals surface area contributed by atoms with Gasteiger partial charge in [0.1, 0.15) is 5.82 Å². The molecule has 0 aliphatic carbocycles. The van der Waals surface area contributed by atoms with Crippen LogP contribution in [0.5, 0.6) is 0 Å². The van der Waals surface area contributed by atoms with Crippen molar-refractivity contribution in [1.29, 1.82) is 0 Å². The molecule has 0 aliphatic heterocycles. The van der Waals surface area contributed by atoms with E-state index >= 15 is 0 Å². The number of hydrogen-bond acceptors (Lipinski definition) is 7. The highest BCUT2D eigenvalue weighted by Gasteiger charge is 2.27. The lowest BCUT2D eigenvalue weighted by atomic mass is 10.1. The second-order valence-corrected chi connectivity index (χ2v) is 8.64. The predicted molar refractivity (Wildman–Crippen MR) is 110 cm³/mol. The summed E-state index contributed by atoms with van der Waals surface area (Å²) in [6, 6.07) is 12.5. The van der Waals surface area contributed by atoms with Crippen molar-refractivity contribution in [3.63, 3.8) is 0 Å². The van der Waals surface area contributed by atoms with Gasteiger partial charge in [-0.25, -0.2) is 13.4 Å². The molecule has 0 amide bonds. The van der Waals surface area contributed by atoms with Crippen LogP contribution in [-0.2, 0) is 14.6 Å². The molecule has 8 nitrogen and oxygen atoms in total. The molecule has 0 unspecified atom stereocenters. The molecule has 2 aromatic carbocycles. The van der Waals surface area contributed by atoms with Gasteiger partial charge in [0.15, 0.2) is 5.65 Å². The van der Waals surface area contributed by atoms with Gasteiger partial charge in [-0.05, 0) is 49.2 Å². The first-order chi connectivity index (χ1) is 13.9. The second-order valence-electron chi connectivity index (χ2n) is 6.78. The highest BCUT2D eigenvalue weighted by molar-refractivity contribution is 7.91. The van der Waals surface area contributed by atoms with E-state index in [1.165, 1.54) is 4.52 Å². The van der Waals surface area contributed by atoms with Gasteiger partial charge in [-0.15, -0.1) is 5.10 Å². The minimum Gasteiger partial charge on any atom is -0.383 e. The number of rotatable bonds is 6. The molecule has 0 bridgehead atoms. The topological polar surface area (TPSA) is 98.5 Å². The van der Waals surface area contributed by atoms with Crippen molar-refractivity contribution in [2.24, 2.45) is 0 Å². The number of hydrogen-bond donors (Lipinski definition) is 1. The van der Waals surface area contributed by atoms with Crippen LogP contribution in [0.1, 0.15) is 11.1 Å². The maximum Gasteiger partial charge on any atom is 0.229 e. The summed E-state index contributed by atoms with van der Waals surface area (Å²) in [6.45, 7) is 4.84. The zero-order valence-electron chi connectivity index (χ0n) is 16.4. The van der Waals surface area contributed by atoms with Gasteiger partial charge in [0.05, 0.1) is 17.0 Å². The lowest BCUT2D eigenvalue weighted by Gasteiger charge is -2.10. The molecule has 4 rings (SSSR count). The van der Waals surface area contributed by atoms with Crippen LogP contribution >= 0.6 is 0 Å². The molecule has 0 saturated carbocycles. The number of fused-ring (bicyclic) bond motifs is 3. The van der Waals surface area contributed by atoms with Gasteiger partial charge >= 0.3 is 0 Å². The average molecular weight is 411 g/mol. The van der Waals surface area contributed by atoms with Gasteiger partial charge in [0.25, 0.3) is 0 Å². The van der Waals surface area contributed by atoms with E-state index in [9.17, 15) is 8.42 Å². The van der Waals surface area contributed by atoms with E-state index in [4.69, 9.17) is 4.74 Å². The Morgan fingerprint density at radius 1 is 1.10 bits per heavy atom. The molecule has 0 aliphatic rings. The quantitative estimate of drug-likeness (QED) is 0.487. The van der Waals surface area contributed by atoms with Crippen LogP contribution in [0, 0.1) is 13.8 Å². The van der Waals surface area contributed by atoms with Gasteiger partial charge < -0.3 is 10.1 Å². The summed E-state index contributed by atoms with van der Waals surface area (Å²) in [5, 5.41) is 11.9. The fourth-order valence-corrected chi connectivity index (χ4v) is 4.44. The highest BCUT2D eigenvalue weighted by Crippen LogP contribution is 2.28. The normalized spacial score (nSPS) is 12.0. The maximum absolute atomic E-state index is 13.3. The van der Waals surface area contributed by atoms with E-state index in [0.717, 1.165) is 16.5 Å². The Morgan fingerprint density at radius 2 is 1.90 bits per heavy atom. The largest absolute Gasteiger partial charge is 0.383 e. The number of anilines is 1. The Morgan fingerprint density at radius 3 is 2.66 bits per heavy atom. The number of methoxy groups -OCH3 is 1. The molecule has 2 aromatic heterocycles. The highest BCUT2D eigenvalue weighted by atomic mass is 32.2. The third-order valence-corrected chi connectivity index (χ3v) is 6.51. The van der Waals surface area contributed by atoms with Gasteiger partial charge in [0.2, 0.25) is 14.9 Å². The molecule has 0 saturated heterocycles. The van der Waals surface area contributed by atoms with Crippen molar-refractivity contribution in [2.45, 2.75) is 23.8 Å². The van der Waals surface area contributed by atoms with Gasteiger partial charge in [-0.1, -0.05) is 23.4 Å². The molecule has 9 heteroatoms. The van der Waals surface area contributed by atoms with E-state index in [1.54, 1.807) is 25.3 Å². The van der Waals surface area contributed by atoms with E-state index in [-0.39, 0.29) is 15.6 Å². The Kier molecular flexibility index (Phi) is 4.93. The van der Waals surface area contributed by atoms with Crippen molar-refractivity contribution in [3.05, 3.63) is 53.6 Å². The smallest absolute Gasteiger partial charge is 0.229 e. The Hall–Kier alpha value is -3.04. The van der Waals surface area contributed by atoms with Crippen molar-refractivity contribution in [1.82, 2.24) is 19.8 Å². The maximum atomic E-state index is 13.3. The molecule has 150 valence electrons. The third kappa shape index (κ3) is 3.32. The number of benzene rings is 2. The van der Waals surface area contributed by atoms with Gasteiger partial charge in [-0.2, -0.15) is 4.52 Å². The van der Waals surface area contributed by atoms with Crippen LogP contribution in [0.25, 0.3) is 16.6 Å². The van der Waals surface area contributed by atoms with Crippen LogP contribution < -0.4 is 5.32 Å². The van der Waals surface area contributed by atoms with E-state index in [1.807, 2.05) is 38.1 Å². The summed E-state index contributed by atoms with van der Waals surface area (Å²) in [7, 11) is -2.26. The summed E-state index contributed by atoms with van der Waals surface area (Å²) < 4.78 is 33.1. The second kappa shape index (κ2) is 7.41. The first kappa shape index (κ1) is 19.3. The molecule has 0 radical (unpaired) electrons. The lowest BCUT2D eigenvalue weighted by molar-refractivity contribution is 0.210. The monoisotopic (exact) mass is 411 g/mol. The Bertz CT molecular complexity index is 1310. The van der Waals surface area contributed by atoms with Crippen molar-refractivity contribution in [2.75, 3.05) is 25.6 Å². The first-order valence-electron chi connectivity index (χ1n) is 9.13. The molecular formula is C20H21N5O3S. The number of ether oxygens (including phenoxy) is 1. The fraction of sp³-hybridized carbons (Fsp3) is 0.250. The minimum atomic E-state index is -3.88. The third-order valence-electron chi connectivity index (χ3n) is 4.86. The number of aromatic nitrogens is 4. The SMILES string of the molecule is COCCNc1nc2c(S(=O)(=O)c3ccc(C)c(C)c3)nnn2c2ccccc12. The summed E-state index contributed by atoms with van der Waals surface area (Å²) >= 11 is 0. The first-order valence-corrected chi connectivity index (χ1v) is 10.6. The Labute approximate surface area is 168 Å². The fourth-order valence-electron chi connectivity index (χ4n) is 3.12. The van der Waals surface area contributed by atoms with Crippen LogP contribution in [0.2, 0.25) is 0 Å². The zero-order valence-corrected chi connectivity index (χ0v) is 17.2. The summed E-state index contributed by atoms with van der Waals surface area (Å²) in [5.41, 5.74) is 2.81. The number of nitrogens with zero attached hydrogens (tertiary/aromatic N) is 4. The lowest BCUT2D eigenvalue weighted by Crippen LogP contribution is -2.11. The van der Waals surface area contributed by atoms with Crippen molar-refractivity contribution >= 4 is 32.2 Å². The van der Waals surface area contributed by atoms with Gasteiger partial charge in [0, 0.05) is 19.0 Å². The number of sulfone groups is 1. The average Bonchev–Trinajstić information content (AvgIpc) is 3.15.